The summed E-state index contributed by atoms with van der Waals surface area (Å²) in [7, 11) is 0. The zero-order valence-electron chi connectivity index (χ0n) is 16.5. The molecule has 0 spiro atoms. The molecule has 0 radical (unpaired) electrons. The molecule has 1 aliphatic rings. The number of amides is 3. The molecule has 0 bridgehead atoms. The summed E-state index contributed by atoms with van der Waals surface area (Å²) in [4.78, 5) is 35.9. The molecular weight excluding hydrogens is 382 g/mol. The van der Waals surface area contributed by atoms with E-state index >= 15 is 0 Å². The van der Waals surface area contributed by atoms with Crippen LogP contribution < -0.4 is 16.4 Å². The molecule has 7 heteroatoms. The number of hydrogen-bond acceptors (Lipinski definition) is 4. The topological polar surface area (TPSA) is 114 Å². The minimum atomic E-state index is -0.491. The maximum Gasteiger partial charge on any atom is 0.253 e. The van der Waals surface area contributed by atoms with Crippen LogP contribution in [0.15, 0.2) is 47.1 Å². The second-order valence-corrected chi connectivity index (χ2v) is 7.47. The van der Waals surface area contributed by atoms with Gasteiger partial charge >= 0.3 is 0 Å². The van der Waals surface area contributed by atoms with Gasteiger partial charge in [-0.15, -0.1) is 0 Å². The van der Waals surface area contributed by atoms with Crippen LogP contribution >= 0.6 is 0 Å². The summed E-state index contributed by atoms with van der Waals surface area (Å²) in [5.74, 6) is -1.11. The van der Waals surface area contributed by atoms with E-state index in [4.69, 9.17) is 10.2 Å². The summed E-state index contributed by atoms with van der Waals surface area (Å²) < 4.78 is 5.67. The van der Waals surface area contributed by atoms with Crippen molar-refractivity contribution in [2.24, 2.45) is 5.73 Å². The van der Waals surface area contributed by atoms with E-state index < -0.39 is 5.91 Å². The quantitative estimate of drug-likeness (QED) is 0.561. The minimum absolute atomic E-state index is 0.0531. The lowest BCUT2D eigenvalue weighted by molar-refractivity contribution is -0.118. The van der Waals surface area contributed by atoms with Crippen LogP contribution in [0.2, 0.25) is 0 Å². The number of nitrogens with one attached hydrogen (secondary N) is 2. The Labute approximate surface area is 173 Å². The van der Waals surface area contributed by atoms with E-state index in [0.717, 1.165) is 35.8 Å². The first-order chi connectivity index (χ1) is 14.5. The van der Waals surface area contributed by atoms with Crippen LogP contribution in [-0.2, 0) is 28.9 Å². The van der Waals surface area contributed by atoms with Gasteiger partial charge < -0.3 is 20.8 Å². The molecule has 154 valence electrons. The van der Waals surface area contributed by atoms with E-state index in [9.17, 15) is 14.4 Å². The van der Waals surface area contributed by atoms with E-state index in [2.05, 4.69) is 22.8 Å². The van der Waals surface area contributed by atoms with Gasteiger partial charge in [-0.3, -0.25) is 14.4 Å². The fourth-order valence-electron chi connectivity index (χ4n) is 3.84. The number of fused-ring (bicyclic) bond motifs is 2. The number of rotatable bonds is 7. The van der Waals surface area contributed by atoms with Gasteiger partial charge in [0.25, 0.3) is 5.91 Å². The molecule has 3 amide bonds. The van der Waals surface area contributed by atoms with Crippen molar-refractivity contribution in [2.45, 2.75) is 32.1 Å². The maximum atomic E-state index is 12.7. The molecule has 1 aromatic heterocycles. The predicted molar refractivity (Wildman–Crippen MR) is 113 cm³/mol. The van der Waals surface area contributed by atoms with E-state index in [0.29, 0.717) is 11.3 Å². The van der Waals surface area contributed by atoms with Crippen molar-refractivity contribution in [3.63, 3.8) is 0 Å². The molecule has 0 atom stereocenters. The molecule has 0 aliphatic heterocycles. The van der Waals surface area contributed by atoms with Crippen LogP contribution in [0.1, 0.15) is 39.9 Å². The predicted octanol–water partition coefficient (Wildman–Crippen LogP) is 2.71. The highest BCUT2D eigenvalue weighted by molar-refractivity contribution is 6.04. The zero-order valence-corrected chi connectivity index (χ0v) is 16.5. The van der Waals surface area contributed by atoms with Crippen LogP contribution in [0.5, 0.6) is 0 Å². The highest BCUT2D eigenvalue weighted by Crippen LogP contribution is 2.30. The lowest BCUT2D eigenvalue weighted by Crippen LogP contribution is -2.29. The Kier molecular flexibility index (Phi) is 5.52. The third kappa shape index (κ3) is 4.20. The first-order valence-corrected chi connectivity index (χ1v) is 9.98. The van der Waals surface area contributed by atoms with Crippen molar-refractivity contribution in [1.29, 1.82) is 0 Å². The van der Waals surface area contributed by atoms with E-state index in [1.54, 1.807) is 30.5 Å². The summed E-state index contributed by atoms with van der Waals surface area (Å²) in [6.07, 6.45) is 5.10. The lowest BCUT2D eigenvalue weighted by atomic mass is 10.0. The summed E-state index contributed by atoms with van der Waals surface area (Å²) in [5.41, 5.74) is 10.1. The Morgan fingerprint density at radius 1 is 1.07 bits per heavy atom. The number of carbonyl (C=O) groups is 3. The fourth-order valence-corrected chi connectivity index (χ4v) is 3.84. The number of primary amides is 1. The standard InChI is InChI=1S/C23H23N3O4/c24-21(27)8-9-25-23(29)17-6-1-2-7-19(17)26-22(28)12-16-13-30-20-11-15-5-3-4-14(15)10-18(16)20/h1-2,6-7,10-11,13H,3-5,8-9,12H2,(H2,24,27)(H,25,29)(H,26,28). The number of furan rings is 1. The molecule has 0 saturated carbocycles. The Hall–Kier alpha value is -3.61. The molecule has 0 unspecified atom stereocenters. The lowest BCUT2D eigenvalue weighted by Gasteiger charge is -2.11. The van der Waals surface area contributed by atoms with Crippen LogP contribution in [0.4, 0.5) is 5.69 Å². The zero-order chi connectivity index (χ0) is 21.1. The Morgan fingerprint density at radius 3 is 2.63 bits per heavy atom. The Balaban J connectivity index is 1.47. The summed E-state index contributed by atoms with van der Waals surface area (Å²) >= 11 is 0. The van der Waals surface area contributed by atoms with Gasteiger partial charge in [0.15, 0.2) is 0 Å². The minimum Gasteiger partial charge on any atom is -0.464 e. The van der Waals surface area contributed by atoms with Crippen molar-refractivity contribution in [1.82, 2.24) is 5.32 Å². The number of anilines is 1. The Bertz CT molecular complexity index is 1130. The molecule has 30 heavy (non-hydrogen) atoms. The number of benzene rings is 2. The monoisotopic (exact) mass is 405 g/mol. The van der Waals surface area contributed by atoms with Gasteiger partial charge in [-0.1, -0.05) is 12.1 Å². The normalized spacial score (nSPS) is 12.5. The van der Waals surface area contributed by atoms with Gasteiger partial charge in [-0.2, -0.15) is 0 Å². The molecule has 7 nitrogen and oxygen atoms in total. The van der Waals surface area contributed by atoms with Crippen molar-refractivity contribution < 1.29 is 18.8 Å². The van der Waals surface area contributed by atoms with Crippen LogP contribution in [0.25, 0.3) is 11.0 Å². The van der Waals surface area contributed by atoms with Crippen LogP contribution in [-0.4, -0.2) is 24.3 Å². The molecule has 4 N–H and O–H groups in total. The second kappa shape index (κ2) is 8.41. The van der Waals surface area contributed by atoms with Crippen molar-refractivity contribution in [3.05, 3.63) is 64.9 Å². The molecule has 1 aliphatic carbocycles. The number of hydrogen-bond donors (Lipinski definition) is 3. The number of nitrogens with two attached hydrogens (primary N) is 1. The smallest absolute Gasteiger partial charge is 0.253 e. The highest BCUT2D eigenvalue weighted by Gasteiger charge is 2.18. The third-order valence-corrected chi connectivity index (χ3v) is 5.32. The summed E-state index contributed by atoms with van der Waals surface area (Å²) in [6.45, 7) is 0.141. The van der Waals surface area contributed by atoms with Gasteiger partial charge in [0, 0.05) is 23.9 Å². The van der Waals surface area contributed by atoms with Gasteiger partial charge in [-0.05, 0) is 54.7 Å². The van der Waals surface area contributed by atoms with E-state index in [-0.39, 0.29) is 31.2 Å². The molecule has 2 aromatic carbocycles. The molecule has 3 aromatic rings. The van der Waals surface area contributed by atoms with Crippen LogP contribution in [0.3, 0.4) is 0 Å². The molecule has 0 saturated heterocycles. The number of aryl methyl sites for hydroxylation is 2. The molecular formula is C23H23N3O4. The molecule has 0 fully saturated rings. The van der Waals surface area contributed by atoms with Gasteiger partial charge in [0.05, 0.1) is 23.9 Å². The van der Waals surface area contributed by atoms with Gasteiger partial charge in [0.2, 0.25) is 11.8 Å². The van der Waals surface area contributed by atoms with E-state index in [1.807, 2.05) is 0 Å². The van der Waals surface area contributed by atoms with Gasteiger partial charge in [-0.25, -0.2) is 0 Å². The van der Waals surface area contributed by atoms with E-state index in [1.165, 1.54) is 11.1 Å². The van der Waals surface area contributed by atoms with Gasteiger partial charge in [0.1, 0.15) is 5.58 Å². The maximum absolute atomic E-state index is 12.7. The summed E-state index contributed by atoms with van der Waals surface area (Å²) in [6, 6.07) is 10.9. The highest BCUT2D eigenvalue weighted by atomic mass is 16.3. The fraction of sp³-hybridized carbons (Fsp3) is 0.261. The third-order valence-electron chi connectivity index (χ3n) is 5.32. The molecule has 4 rings (SSSR count). The van der Waals surface area contributed by atoms with Crippen LogP contribution in [0, 0.1) is 0 Å². The SMILES string of the molecule is NC(=O)CCNC(=O)c1ccccc1NC(=O)Cc1coc2cc3c(cc12)CCC3. The average Bonchev–Trinajstić information content (AvgIpc) is 3.33. The first-order valence-electron chi connectivity index (χ1n) is 9.98. The second-order valence-electron chi connectivity index (χ2n) is 7.47. The largest absolute Gasteiger partial charge is 0.464 e. The summed E-state index contributed by atoms with van der Waals surface area (Å²) in [5, 5.41) is 6.41. The number of para-hydroxylation sites is 1. The average molecular weight is 405 g/mol. The Morgan fingerprint density at radius 2 is 1.83 bits per heavy atom. The van der Waals surface area contributed by atoms with Crippen molar-refractivity contribution in [2.75, 3.05) is 11.9 Å². The number of carbonyl (C=O) groups excluding carboxylic acids is 3. The van der Waals surface area contributed by atoms with Crippen molar-refractivity contribution in [3.8, 4) is 0 Å². The van der Waals surface area contributed by atoms with Crippen molar-refractivity contribution >= 4 is 34.4 Å². The first kappa shape index (κ1) is 19.7. The molecule has 1 heterocycles.